The van der Waals surface area contributed by atoms with Crippen LogP contribution in [0.15, 0.2) is 249 Å². The zero-order valence-corrected chi connectivity index (χ0v) is 40.9. The molecule has 0 atom stereocenters. The summed E-state index contributed by atoms with van der Waals surface area (Å²) in [5.41, 5.74) is 8.06. The number of benzene rings is 6. The summed E-state index contributed by atoms with van der Waals surface area (Å²) in [7, 11) is 0. The third-order valence-corrected chi connectivity index (χ3v) is 16.7. The lowest BCUT2D eigenvalue weighted by atomic mass is 9.81. The molecular formula is C62H42N4S4. The van der Waals surface area contributed by atoms with Crippen LogP contribution in [0.1, 0.15) is 54.3 Å². The van der Waals surface area contributed by atoms with Gasteiger partial charge in [-0.25, -0.2) is 20.0 Å². The summed E-state index contributed by atoms with van der Waals surface area (Å²) in [5.74, 6) is 0. The van der Waals surface area contributed by atoms with Crippen LogP contribution in [0.2, 0.25) is 0 Å². The molecule has 0 radical (unpaired) electrons. The standard InChI is InChI=1S/C62H42N4S4/c1-5-15-45(16-6-1)57-58(46-17-7-2-8-18-46)64-61(63-57,49-31-25-43(26-32-49)29-35-51-37-39-55(69-51)53-23-13-41-67-53)62(65-59(47-19-9-3-10-20-47)60(66-62)48-21-11-4-12-22-48)50-33-27-44(28-34-50)30-36-52-38-40-56(70-52)54-24-14-42-68-54/h1-42H/b35-29+,36-30+. The minimum absolute atomic E-state index is 0.784. The predicted octanol–water partition coefficient (Wildman–Crippen LogP) is 16.6. The molecule has 0 saturated carbocycles. The summed E-state index contributed by atoms with van der Waals surface area (Å²) in [4.78, 5) is 31.3. The Balaban J connectivity index is 1.06. The van der Waals surface area contributed by atoms with Crippen LogP contribution < -0.4 is 0 Å². The summed E-state index contributed by atoms with van der Waals surface area (Å²) >= 11 is 7.13. The molecule has 0 amide bonds. The number of thiophene rings is 4. The Hall–Kier alpha value is -7.72. The second kappa shape index (κ2) is 19.0. The Morgan fingerprint density at radius 2 is 0.614 bits per heavy atom. The van der Waals surface area contributed by atoms with Crippen molar-refractivity contribution in [3.05, 3.63) is 283 Å². The predicted molar refractivity (Wildman–Crippen MR) is 301 cm³/mol. The van der Waals surface area contributed by atoms with Gasteiger partial charge >= 0.3 is 0 Å². The third kappa shape index (κ3) is 8.35. The Morgan fingerprint density at radius 1 is 0.286 bits per heavy atom. The van der Waals surface area contributed by atoms with Crippen LogP contribution in [0, 0.1) is 0 Å². The van der Waals surface area contributed by atoms with Gasteiger partial charge in [0.15, 0.2) is 0 Å². The lowest BCUT2D eigenvalue weighted by molar-refractivity contribution is 0.257. The number of hydrogen-bond donors (Lipinski definition) is 0. The van der Waals surface area contributed by atoms with Crippen LogP contribution in [0.25, 0.3) is 43.8 Å². The summed E-state index contributed by atoms with van der Waals surface area (Å²) < 4.78 is 0. The first-order valence-corrected chi connectivity index (χ1v) is 26.5. The number of nitrogens with zero attached hydrogens (tertiary/aromatic N) is 4. The van der Waals surface area contributed by atoms with Gasteiger partial charge in [0.25, 0.3) is 0 Å². The van der Waals surface area contributed by atoms with E-state index in [1.807, 2.05) is 24.3 Å². The maximum Gasteiger partial charge on any atom is 0.226 e. The van der Waals surface area contributed by atoms with Crippen LogP contribution in [0.5, 0.6) is 0 Å². The van der Waals surface area contributed by atoms with E-state index in [0.29, 0.717) is 0 Å². The Kier molecular flexibility index (Phi) is 11.8. The Labute approximate surface area is 423 Å². The highest BCUT2D eigenvalue weighted by Crippen LogP contribution is 2.55. The topological polar surface area (TPSA) is 49.4 Å². The molecule has 8 heteroatoms. The van der Waals surface area contributed by atoms with Crippen molar-refractivity contribution in [1.29, 1.82) is 0 Å². The molecule has 2 aliphatic heterocycles. The lowest BCUT2D eigenvalue weighted by Gasteiger charge is -2.38. The van der Waals surface area contributed by atoms with Crippen molar-refractivity contribution in [2.24, 2.45) is 20.0 Å². The summed E-state index contributed by atoms with van der Waals surface area (Å²) in [5, 5.41) is 4.25. The molecule has 2 aliphatic rings. The van der Waals surface area contributed by atoms with Gasteiger partial charge in [-0.2, -0.15) is 0 Å². The average molecular weight is 971 g/mol. The lowest BCUT2D eigenvalue weighted by Crippen LogP contribution is -2.43. The summed E-state index contributed by atoms with van der Waals surface area (Å²) in [6.45, 7) is 0. The highest BCUT2D eigenvalue weighted by molar-refractivity contribution is 7.22. The molecular weight excluding hydrogens is 929 g/mol. The summed E-state index contributed by atoms with van der Waals surface area (Å²) in [6, 6.07) is 76.3. The van der Waals surface area contributed by atoms with E-state index >= 15 is 0 Å². The van der Waals surface area contributed by atoms with Gasteiger partial charge in [0.2, 0.25) is 11.3 Å². The van der Waals surface area contributed by atoms with Crippen LogP contribution >= 0.6 is 45.3 Å². The van der Waals surface area contributed by atoms with Gasteiger partial charge < -0.3 is 0 Å². The van der Waals surface area contributed by atoms with E-state index in [4.69, 9.17) is 20.0 Å². The second-order valence-corrected chi connectivity index (χ2v) is 21.0. The zero-order chi connectivity index (χ0) is 46.7. The largest absolute Gasteiger partial charge is 0.243 e. The molecule has 0 unspecified atom stereocenters. The van der Waals surface area contributed by atoms with Gasteiger partial charge in [-0.05, 0) is 70.4 Å². The van der Waals surface area contributed by atoms with Gasteiger partial charge in [0.05, 0.1) is 22.8 Å². The quantitative estimate of drug-likeness (QED) is 0.111. The van der Waals surface area contributed by atoms with Crippen molar-refractivity contribution in [3.8, 4) is 19.5 Å². The van der Waals surface area contributed by atoms with E-state index in [-0.39, 0.29) is 0 Å². The smallest absolute Gasteiger partial charge is 0.226 e. The molecule has 0 aliphatic carbocycles. The molecule has 10 aromatic rings. The van der Waals surface area contributed by atoms with E-state index in [1.54, 1.807) is 45.3 Å². The molecule has 6 aromatic carbocycles. The van der Waals surface area contributed by atoms with Gasteiger partial charge in [-0.3, -0.25) is 0 Å². The summed E-state index contributed by atoms with van der Waals surface area (Å²) in [6.07, 6.45) is 8.75. The molecule has 4 aromatic heterocycles. The number of hydrogen-bond acceptors (Lipinski definition) is 8. The van der Waals surface area contributed by atoms with Crippen molar-refractivity contribution in [2.45, 2.75) is 11.3 Å². The van der Waals surface area contributed by atoms with Crippen LogP contribution in [-0.2, 0) is 11.3 Å². The van der Waals surface area contributed by atoms with Gasteiger partial charge in [0.1, 0.15) is 0 Å². The highest BCUT2D eigenvalue weighted by Gasteiger charge is 2.60. The molecule has 6 heterocycles. The van der Waals surface area contributed by atoms with Crippen molar-refractivity contribution >= 4 is 92.5 Å². The minimum atomic E-state index is -1.40. The maximum absolute atomic E-state index is 5.95. The van der Waals surface area contributed by atoms with E-state index < -0.39 is 11.3 Å². The van der Waals surface area contributed by atoms with Crippen LogP contribution in [0.3, 0.4) is 0 Å². The van der Waals surface area contributed by atoms with Crippen molar-refractivity contribution in [3.63, 3.8) is 0 Å². The molecule has 0 fully saturated rings. The Morgan fingerprint density at radius 3 is 0.914 bits per heavy atom. The molecule has 4 nitrogen and oxygen atoms in total. The third-order valence-electron chi connectivity index (χ3n) is 12.5. The maximum atomic E-state index is 5.95. The fourth-order valence-electron chi connectivity index (χ4n) is 9.07. The first-order chi connectivity index (χ1) is 34.6. The average Bonchev–Trinajstić information content (AvgIpc) is 4.30. The van der Waals surface area contributed by atoms with Crippen LogP contribution in [0.4, 0.5) is 0 Å². The molecule has 12 rings (SSSR count). The molecule has 0 saturated heterocycles. The van der Waals surface area contributed by atoms with E-state index in [0.717, 1.165) is 67.4 Å². The normalized spacial score (nSPS) is 15.0. The van der Waals surface area contributed by atoms with Crippen LogP contribution in [-0.4, -0.2) is 22.8 Å². The van der Waals surface area contributed by atoms with E-state index in [9.17, 15) is 0 Å². The fourth-order valence-corrected chi connectivity index (χ4v) is 12.6. The molecule has 334 valence electrons. The van der Waals surface area contributed by atoms with Gasteiger partial charge in [-0.1, -0.05) is 194 Å². The van der Waals surface area contributed by atoms with Crippen molar-refractivity contribution < 1.29 is 0 Å². The number of aliphatic imine (C=N–C) groups is 4. The van der Waals surface area contributed by atoms with Crippen molar-refractivity contribution in [1.82, 2.24) is 0 Å². The van der Waals surface area contributed by atoms with Gasteiger partial charge in [-0.15, -0.1) is 45.3 Å². The first-order valence-electron chi connectivity index (χ1n) is 23.1. The first kappa shape index (κ1) is 43.6. The SMILES string of the molecule is C(=C\c1ccc(-c2cccs2)s1)/c1ccc(C2(C3(c4ccc(/C=C/c5ccc(-c6cccs6)s5)cc4)N=C(c4ccccc4)C(c4ccccc4)=N3)N=C(c3ccccc3)C(c3ccccc3)=N2)cc1. The van der Waals surface area contributed by atoms with E-state index in [1.165, 1.54) is 29.3 Å². The monoisotopic (exact) mass is 970 g/mol. The fraction of sp³-hybridized carbons (Fsp3) is 0.0323. The van der Waals surface area contributed by atoms with Gasteiger partial charge in [0, 0.05) is 62.6 Å². The molecule has 0 bridgehead atoms. The highest BCUT2D eigenvalue weighted by atomic mass is 32.1. The van der Waals surface area contributed by atoms with E-state index in [2.05, 4.69) is 229 Å². The van der Waals surface area contributed by atoms with Crippen molar-refractivity contribution in [2.75, 3.05) is 0 Å². The second-order valence-electron chi connectivity index (χ2n) is 16.9. The minimum Gasteiger partial charge on any atom is -0.243 e. The Bertz CT molecular complexity index is 3240. The molecule has 70 heavy (non-hydrogen) atoms. The zero-order valence-electron chi connectivity index (χ0n) is 37.7. The molecule has 0 N–H and O–H groups in total. The number of rotatable bonds is 13. The molecule has 0 spiro atoms.